The average Bonchev–Trinajstić information content (AvgIpc) is 2.86. The quantitative estimate of drug-likeness (QED) is 0.521. The first-order valence-electron chi connectivity index (χ1n) is 12.4. The molecule has 0 spiro atoms. The predicted octanol–water partition coefficient (Wildman–Crippen LogP) is 3.64. The van der Waals surface area contributed by atoms with Gasteiger partial charge in [-0.05, 0) is 49.9 Å². The van der Waals surface area contributed by atoms with Crippen LogP contribution in [0.3, 0.4) is 0 Å². The van der Waals surface area contributed by atoms with E-state index in [2.05, 4.69) is 5.32 Å². The first-order chi connectivity index (χ1) is 17.1. The van der Waals surface area contributed by atoms with Gasteiger partial charge in [0.05, 0.1) is 19.1 Å². The molecule has 36 heavy (non-hydrogen) atoms. The molecule has 0 aromatic heterocycles. The van der Waals surface area contributed by atoms with Crippen LogP contribution in [0.25, 0.3) is 0 Å². The Morgan fingerprint density at radius 3 is 2.33 bits per heavy atom. The van der Waals surface area contributed by atoms with Crippen molar-refractivity contribution in [2.75, 3.05) is 24.2 Å². The minimum atomic E-state index is -3.82. The van der Waals surface area contributed by atoms with Crippen molar-refractivity contribution in [3.8, 4) is 5.75 Å². The summed E-state index contributed by atoms with van der Waals surface area (Å²) in [5.74, 6) is -0.364. The van der Waals surface area contributed by atoms with E-state index in [9.17, 15) is 18.0 Å². The molecule has 0 unspecified atom stereocenters. The molecule has 1 aliphatic carbocycles. The van der Waals surface area contributed by atoms with E-state index in [1.165, 1.54) is 18.4 Å². The third-order valence-corrected chi connectivity index (χ3v) is 7.88. The number of sulfonamides is 1. The minimum Gasteiger partial charge on any atom is -0.495 e. The van der Waals surface area contributed by atoms with Crippen molar-refractivity contribution in [3.05, 3.63) is 59.7 Å². The number of nitrogens with zero attached hydrogens (tertiary/aromatic N) is 2. The Kier molecular flexibility index (Phi) is 9.37. The highest BCUT2D eigenvalue weighted by molar-refractivity contribution is 7.92. The number of nitrogens with one attached hydrogen (secondary N) is 1. The zero-order valence-electron chi connectivity index (χ0n) is 21.6. The lowest BCUT2D eigenvalue weighted by molar-refractivity contribution is -0.139. The number of carbonyl (C=O) groups is 2. The number of ether oxygens (including phenoxy) is 1. The first-order valence-corrected chi connectivity index (χ1v) is 14.2. The second-order valence-electron chi connectivity index (χ2n) is 9.41. The number of rotatable bonds is 10. The zero-order valence-corrected chi connectivity index (χ0v) is 22.4. The maximum atomic E-state index is 13.7. The predicted molar refractivity (Wildman–Crippen MR) is 141 cm³/mol. The van der Waals surface area contributed by atoms with Gasteiger partial charge in [0.1, 0.15) is 18.3 Å². The van der Waals surface area contributed by atoms with Crippen LogP contribution in [0.1, 0.15) is 50.2 Å². The smallest absolute Gasteiger partial charge is 0.244 e. The van der Waals surface area contributed by atoms with Crippen molar-refractivity contribution in [1.82, 2.24) is 10.2 Å². The third kappa shape index (κ3) is 7.00. The van der Waals surface area contributed by atoms with E-state index in [0.29, 0.717) is 5.75 Å². The molecular weight excluding hydrogens is 478 g/mol. The second kappa shape index (κ2) is 12.3. The Balaban J connectivity index is 1.90. The summed E-state index contributed by atoms with van der Waals surface area (Å²) in [5.41, 5.74) is 2.15. The third-order valence-electron chi connectivity index (χ3n) is 6.75. The highest BCUT2D eigenvalue weighted by Crippen LogP contribution is 2.30. The van der Waals surface area contributed by atoms with Crippen molar-refractivity contribution in [1.29, 1.82) is 0 Å². The Labute approximate surface area is 214 Å². The number of aryl methyl sites for hydroxylation is 1. The van der Waals surface area contributed by atoms with E-state index in [4.69, 9.17) is 4.74 Å². The standard InChI is InChI=1S/C27H37N3O5S/c1-20-12-8-9-13-22(20)18-29(21(2)27(32)28-23-14-6-5-7-15-23)26(31)19-30(36(4,33)34)24-16-10-11-17-25(24)35-3/h8-13,16-17,21,23H,5-7,14-15,18-19H2,1-4H3,(H,28,32)/t21-/m1/s1. The van der Waals surface area contributed by atoms with Gasteiger partial charge in [-0.2, -0.15) is 0 Å². The normalized spacial score (nSPS) is 15.1. The van der Waals surface area contributed by atoms with E-state index < -0.39 is 28.5 Å². The van der Waals surface area contributed by atoms with Crippen LogP contribution in [0.15, 0.2) is 48.5 Å². The molecule has 196 valence electrons. The second-order valence-corrected chi connectivity index (χ2v) is 11.3. The number of methoxy groups -OCH3 is 1. The summed E-state index contributed by atoms with van der Waals surface area (Å²) in [6, 6.07) is 13.6. The van der Waals surface area contributed by atoms with Crippen molar-refractivity contribution >= 4 is 27.5 Å². The Morgan fingerprint density at radius 2 is 1.69 bits per heavy atom. The molecule has 0 aliphatic heterocycles. The summed E-state index contributed by atoms with van der Waals surface area (Å²) >= 11 is 0. The molecule has 9 heteroatoms. The van der Waals surface area contributed by atoms with Gasteiger partial charge < -0.3 is 15.0 Å². The van der Waals surface area contributed by atoms with Gasteiger partial charge in [-0.25, -0.2) is 8.42 Å². The van der Waals surface area contributed by atoms with Crippen molar-refractivity contribution < 1.29 is 22.7 Å². The fourth-order valence-corrected chi connectivity index (χ4v) is 5.41. The molecule has 8 nitrogen and oxygen atoms in total. The van der Waals surface area contributed by atoms with Crippen molar-refractivity contribution in [3.63, 3.8) is 0 Å². The largest absolute Gasteiger partial charge is 0.495 e. The zero-order chi connectivity index (χ0) is 26.3. The van der Waals surface area contributed by atoms with Gasteiger partial charge in [-0.1, -0.05) is 55.7 Å². The van der Waals surface area contributed by atoms with Crippen LogP contribution in [0.5, 0.6) is 5.75 Å². The molecule has 2 aromatic carbocycles. The van der Waals surface area contributed by atoms with Crippen LogP contribution >= 0.6 is 0 Å². The number of anilines is 1. The number of benzene rings is 2. The van der Waals surface area contributed by atoms with Gasteiger partial charge >= 0.3 is 0 Å². The fourth-order valence-electron chi connectivity index (χ4n) is 4.55. The Hall–Kier alpha value is -3.07. The van der Waals surface area contributed by atoms with Crippen LogP contribution in [0, 0.1) is 6.92 Å². The number of para-hydroxylation sites is 2. The molecule has 1 fully saturated rings. The van der Waals surface area contributed by atoms with E-state index in [-0.39, 0.29) is 24.2 Å². The van der Waals surface area contributed by atoms with Gasteiger partial charge in [0, 0.05) is 12.6 Å². The molecule has 1 N–H and O–H groups in total. The molecule has 1 saturated carbocycles. The Bertz CT molecular complexity index is 1160. The van der Waals surface area contributed by atoms with Crippen molar-refractivity contribution in [2.24, 2.45) is 0 Å². The summed E-state index contributed by atoms with van der Waals surface area (Å²) < 4.78 is 31.9. The van der Waals surface area contributed by atoms with E-state index in [1.807, 2.05) is 31.2 Å². The SMILES string of the molecule is COc1ccccc1N(CC(=O)N(Cc1ccccc1C)[C@H](C)C(=O)NC1CCCCC1)S(C)(=O)=O. The monoisotopic (exact) mass is 515 g/mol. The lowest BCUT2D eigenvalue weighted by atomic mass is 9.95. The van der Waals surface area contributed by atoms with E-state index in [0.717, 1.165) is 47.4 Å². The molecule has 2 amide bonds. The van der Waals surface area contributed by atoms with Crippen LogP contribution in [0.2, 0.25) is 0 Å². The van der Waals surface area contributed by atoms with Gasteiger partial charge in [-0.3, -0.25) is 13.9 Å². The highest BCUT2D eigenvalue weighted by Gasteiger charge is 2.32. The van der Waals surface area contributed by atoms with E-state index >= 15 is 0 Å². The summed E-state index contributed by atoms with van der Waals surface area (Å²) in [4.78, 5) is 28.4. The lowest BCUT2D eigenvalue weighted by Gasteiger charge is -2.33. The van der Waals surface area contributed by atoms with Crippen LogP contribution in [0.4, 0.5) is 5.69 Å². The van der Waals surface area contributed by atoms with Gasteiger partial charge in [0.2, 0.25) is 21.8 Å². The van der Waals surface area contributed by atoms with Gasteiger partial charge in [-0.15, -0.1) is 0 Å². The average molecular weight is 516 g/mol. The molecular formula is C27H37N3O5S. The first kappa shape index (κ1) is 27.5. The number of hydrogen-bond acceptors (Lipinski definition) is 5. The summed E-state index contributed by atoms with van der Waals surface area (Å²) in [6.07, 6.45) is 6.24. The van der Waals surface area contributed by atoms with Crippen LogP contribution in [-0.2, 0) is 26.2 Å². The Morgan fingerprint density at radius 1 is 1.06 bits per heavy atom. The van der Waals surface area contributed by atoms with Gasteiger partial charge in [0.15, 0.2) is 0 Å². The number of carbonyl (C=O) groups excluding carboxylic acids is 2. The molecule has 1 aliphatic rings. The minimum absolute atomic E-state index is 0.102. The number of hydrogen-bond donors (Lipinski definition) is 1. The maximum absolute atomic E-state index is 13.7. The number of amides is 2. The molecule has 0 bridgehead atoms. The maximum Gasteiger partial charge on any atom is 0.244 e. The topological polar surface area (TPSA) is 96.0 Å². The molecule has 0 heterocycles. The summed E-state index contributed by atoms with van der Waals surface area (Å²) in [6.45, 7) is 3.38. The summed E-state index contributed by atoms with van der Waals surface area (Å²) in [5, 5.41) is 3.10. The summed E-state index contributed by atoms with van der Waals surface area (Å²) in [7, 11) is -2.38. The molecule has 0 saturated heterocycles. The molecule has 2 aromatic rings. The van der Waals surface area contributed by atoms with Crippen molar-refractivity contribution in [2.45, 2.75) is 64.6 Å². The molecule has 1 atom stereocenters. The molecule has 3 rings (SSSR count). The van der Waals surface area contributed by atoms with Gasteiger partial charge in [0.25, 0.3) is 0 Å². The highest BCUT2D eigenvalue weighted by atomic mass is 32.2. The van der Waals surface area contributed by atoms with Crippen LogP contribution < -0.4 is 14.4 Å². The fraction of sp³-hybridized carbons (Fsp3) is 0.481. The lowest BCUT2D eigenvalue weighted by Crippen LogP contribution is -2.53. The van der Waals surface area contributed by atoms with Crippen LogP contribution in [-0.4, -0.2) is 57.1 Å². The van der Waals surface area contributed by atoms with E-state index in [1.54, 1.807) is 31.2 Å². The molecule has 0 radical (unpaired) electrons.